The lowest BCUT2D eigenvalue weighted by Crippen LogP contribution is -2.39. The summed E-state index contributed by atoms with van der Waals surface area (Å²) in [5.74, 6) is 0.506. The van der Waals surface area contributed by atoms with Gasteiger partial charge in [-0.05, 0) is 73.2 Å². The average Bonchev–Trinajstić information content (AvgIpc) is 2.81. The maximum Gasteiger partial charge on any atom is 0.265 e. The monoisotopic (exact) mass is 456 g/mol. The molecule has 4 rings (SSSR count). The summed E-state index contributed by atoms with van der Waals surface area (Å²) < 4.78 is 6.18. The quantitative estimate of drug-likeness (QED) is 0.526. The van der Waals surface area contributed by atoms with Crippen LogP contribution in [0.15, 0.2) is 66.7 Å². The number of anilines is 1. The minimum atomic E-state index is -0.622. The number of benzene rings is 3. The van der Waals surface area contributed by atoms with Crippen LogP contribution in [-0.2, 0) is 16.0 Å². The molecule has 2 atom stereocenters. The zero-order valence-corrected chi connectivity index (χ0v) is 20.3. The van der Waals surface area contributed by atoms with E-state index in [1.54, 1.807) is 6.92 Å². The molecule has 1 aliphatic heterocycles. The molecule has 0 fully saturated rings. The number of nitrogens with one attached hydrogen (secondary N) is 1. The van der Waals surface area contributed by atoms with E-state index in [9.17, 15) is 9.59 Å². The normalized spacial score (nSPS) is 15.9. The molecule has 34 heavy (non-hydrogen) atoms. The lowest BCUT2D eigenvalue weighted by molar-refractivity contribution is -0.130. The van der Waals surface area contributed by atoms with Crippen LogP contribution in [0.1, 0.15) is 54.1 Å². The van der Waals surface area contributed by atoms with Crippen LogP contribution >= 0.6 is 0 Å². The molecule has 1 N–H and O–H groups in total. The Balaban J connectivity index is 1.62. The Kier molecular flexibility index (Phi) is 7.01. The van der Waals surface area contributed by atoms with Crippen LogP contribution in [0.3, 0.4) is 0 Å². The van der Waals surface area contributed by atoms with Gasteiger partial charge in [0.1, 0.15) is 5.75 Å². The van der Waals surface area contributed by atoms with Gasteiger partial charge in [0.25, 0.3) is 5.91 Å². The maximum atomic E-state index is 12.9. The molecule has 5 nitrogen and oxygen atoms in total. The summed E-state index contributed by atoms with van der Waals surface area (Å²) in [4.78, 5) is 27.4. The molecule has 176 valence electrons. The number of rotatable bonds is 6. The van der Waals surface area contributed by atoms with E-state index >= 15 is 0 Å². The Labute approximate surface area is 201 Å². The van der Waals surface area contributed by atoms with Crippen LogP contribution in [0.25, 0.3) is 0 Å². The van der Waals surface area contributed by atoms with Crippen molar-refractivity contribution in [1.29, 1.82) is 0 Å². The van der Waals surface area contributed by atoms with Gasteiger partial charge in [0.15, 0.2) is 6.10 Å². The van der Waals surface area contributed by atoms with Crippen molar-refractivity contribution in [2.24, 2.45) is 0 Å². The van der Waals surface area contributed by atoms with Crippen LogP contribution in [0, 0.1) is 13.8 Å². The van der Waals surface area contributed by atoms with E-state index < -0.39 is 6.10 Å². The second-order valence-corrected chi connectivity index (χ2v) is 9.01. The Morgan fingerprint density at radius 3 is 2.44 bits per heavy atom. The topological polar surface area (TPSA) is 58.6 Å². The highest BCUT2D eigenvalue weighted by molar-refractivity contribution is 5.94. The minimum absolute atomic E-state index is 0.0486. The number of ether oxygens (including phenoxy) is 1. The van der Waals surface area contributed by atoms with Crippen molar-refractivity contribution in [2.45, 2.75) is 52.7 Å². The van der Waals surface area contributed by atoms with E-state index in [1.807, 2.05) is 61.2 Å². The highest BCUT2D eigenvalue weighted by Gasteiger charge is 2.31. The molecular formula is C29H32N2O3. The summed E-state index contributed by atoms with van der Waals surface area (Å²) in [7, 11) is 0. The fraction of sp³-hybridized carbons (Fsp3) is 0.310. The molecule has 5 heteroatoms. The summed E-state index contributed by atoms with van der Waals surface area (Å²) in [6.07, 6.45) is 0.710. The average molecular weight is 457 g/mol. The second kappa shape index (κ2) is 10.1. The summed E-state index contributed by atoms with van der Waals surface area (Å²) in [6, 6.07) is 21.8. The zero-order chi connectivity index (χ0) is 24.2. The standard InChI is InChI=1S/C29H32N2O3/c1-5-27(29(33)30-24-11-7-9-20(3)17-24)34-25-13-12-22-14-15-31(21(4)32)28(26(22)18-25)23-10-6-8-19(2)16-23/h6-13,16-18,27-28H,5,14-15H2,1-4H3,(H,30,33)/t27-,28-/m1/s1. The van der Waals surface area contributed by atoms with Crippen molar-refractivity contribution >= 4 is 17.5 Å². The lowest BCUT2D eigenvalue weighted by Gasteiger charge is -2.37. The predicted octanol–water partition coefficient (Wildman–Crippen LogP) is 5.59. The van der Waals surface area contributed by atoms with Crippen LogP contribution in [-0.4, -0.2) is 29.4 Å². The number of hydrogen-bond acceptors (Lipinski definition) is 3. The first-order valence-electron chi connectivity index (χ1n) is 11.9. The summed E-state index contributed by atoms with van der Waals surface area (Å²) in [5, 5.41) is 2.96. The van der Waals surface area contributed by atoms with E-state index in [1.165, 1.54) is 5.56 Å². The van der Waals surface area contributed by atoms with Gasteiger partial charge in [0, 0.05) is 19.2 Å². The fourth-order valence-corrected chi connectivity index (χ4v) is 4.64. The predicted molar refractivity (Wildman–Crippen MR) is 135 cm³/mol. The smallest absolute Gasteiger partial charge is 0.265 e. The molecule has 0 saturated heterocycles. The number of carbonyl (C=O) groups is 2. The molecule has 3 aromatic carbocycles. The van der Waals surface area contributed by atoms with E-state index in [0.717, 1.165) is 34.4 Å². The lowest BCUT2D eigenvalue weighted by atomic mass is 9.87. The number of hydrogen-bond donors (Lipinski definition) is 1. The maximum absolute atomic E-state index is 12.9. The van der Waals surface area contributed by atoms with Gasteiger partial charge in [0.2, 0.25) is 5.91 Å². The molecule has 0 aromatic heterocycles. The van der Waals surface area contributed by atoms with Crippen molar-refractivity contribution < 1.29 is 14.3 Å². The van der Waals surface area contributed by atoms with Gasteiger partial charge >= 0.3 is 0 Å². The summed E-state index contributed by atoms with van der Waals surface area (Å²) in [6.45, 7) is 8.29. The first-order valence-corrected chi connectivity index (χ1v) is 11.9. The molecule has 0 unspecified atom stereocenters. The molecular weight excluding hydrogens is 424 g/mol. The van der Waals surface area contributed by atoms with Crippen molar-refractivity contribution in [2.75, 3.05) is 11.9 Å². The molecule has 0 saturated carbocycles. The molecule has 1 aliphatic rings. The molecule has 0 bridgehead atoms. The SMILES string of the molecule is CC[C@@H](Oc1ccc2c(c1)[C@@H](c1cccc(C)c1)N(C(C)=O)CC2)C(=O)Nc1cccc(C)c1. The van der Waals surface area contributed by atoms with Gasteiger partial charge in [-0.15, -0.1) is 0 Å². The van der Waals surface area contributed by atoms with Crippen LogP contribution in [0.5, 0.6) is 5.75 Å². The first-order chi connectivity index (χ1) is 16.4. The van der Waals surface area contributed by atoms with Crippen LogP contribution in [0.2, 0.25) is 0 Å². The molecule has 0 spiro atoms. The third-order valence-electron chi connectivity index (χ3n) is 6.34. The summed E-state index contributed by atoms with van der Waals surface area (Å²) in [5.41, 5.74) is 6.33. The molecule has 3 aromatic rings. The van der Waals surface area contributed by atoms with Gasteiger partial charge in [-0.1, -0.05) is 55.0 Å². The number of fused-ring (bicyclic) bond motifs is 1. The Bertz CT molecular complexity index is 1200. The molecule has 2 amide bonds. The highest BCUT2D eigenvalue weighted by atomic mass is 16.5. The van der Waals surface area contributed by atoms with Crippen LogP contribution in [0.4, 0.5) is 5.69 Å². The Hall–Kier alpha value is -3.60. The van der Waals surface area contributed by atoms with Crippen LogP contribution < -0.4 is 10.1 Å². The van der Waals surface area contributed by atoms with Gasteiger partial charge in [-0.2, -0.15) is 0 Å². The third-order valence-corrected chi connectivity index (χ3v) is 6.34. The number of nitrogens with zero attached hydrogens (tertiary/aromatic N) is 1. The van der Waals surface area contributed by atoms with Crippen molar-refractivity contribution in [1.82, 2.24) is 4.90 Å². The van der Waals surface area contributed by atoms with Gasteiger partial charge < -0.3 is 15.0 Å². The fourth-order valence-electron chi connectivity index (χ4n) is 4.64. The minimum Gasteiger partial charge on any atom is -0.481 e. The second-order valence-electron chi connectivity index (χ2n) is 9.01. The van der Waals surface area contributed by atoms with Gasteiger partial charge in [-0.25, -0.2) is 0 Å². The van der Waals surface area contributed by atoms with Gasteiger partial charge in [-0.3, -0.25) is 9.59 Å². The van der Waals surface area contributed by atoms with E-state index in [4.69, 9.17) is 4.74 Å². The van der Waals surface area contributed by atoms with Crippen molar-refractivity contribution in [3.8, 4) is 5.75 Å². The van der Waals surface area contributed by atoms with E-state index in [2.05, 4.69) is 36.5 Å². The Morgan fingerprint density at radius 1 is 1.03 bits per heavy atom. The highest BCUT2D eigenvalue weighted by Crippen LogP contribution is 2.37. The largest absolute Gasteiger partial charge is 0.481 e. The molecule has 0 aliphatic carbocycles. The van der Waals surface area contributed by atoms with E-state index in [0.29, 0.717) is 18.7 Å². The number of aryl methyl sites for hydroxylation is 2. The van der Waals surface area contributed by atoms with E-state index in [-0.39, 0.29) is 17.9 Å². The number of amides is 2. The third kappa shape index (κ3) is 5.14. The Morgan fingerprint density at radius 2 is 1.76 bits per heavy atom. The molecule has 0 radical (unpaired) electrons. The number of carbonyl (C=O) groups excluding carboxylic acids is 2. The van der Waals surface area contributed by atoms with Crippen molar-refractivity contribution in [3.05, 3.63) is 94.5 Å². The summed E-state index contributed by atoms with van der Waals surface area (Å²) >= 11 is 0. The zero-order valence-electron chi connectivity index (χ0n) is 20.3. The van der Waals surface area contributed by atoms with Crippen molar-refractivity contribution in [3.63, 3.8) is 0 Å². The molecule has 1 heterocycles. The van der Waals surface area contributed by atoms with Gasteiger partial charge in [0.05, 0.1) is 6.04 Å². The first kappa shape index (κ1) is 23.6.